The first-order chi connectivity index (χ1) is 14.0. The number of carbonyl (C=O) groups is 3. The van der Waals surface area contributed by atoms with Crippen molar-refractivity contribution in [3.8, 4) is 11.4 Å². The summed E-state index contributed by atoms with van der Waals surface area (Å²) in [5.74, 6) is -1.39. The largest absolute Gasteiger partial charge is 0.351 e. The summed E-state index contributed by atoms with van der Waals surface area (Å²) in [7, 11) is 0. The number of amides is 1. The zero-order chi connectivity index (χ0) is 22.2. The van der Waals surface area contributed by atoms with Gasteiger partial charge in [0.05, 0.1) is 5.02 Å². The molecule has 0 saturated heterocycles. The zero-order valence-electron chi connectivity index (χ0n) is 17.9. The van der Waals surface area contributed by atoms with Crippen LogP contribution >= 0.6 is 11.6 Å². The van der Waals surface area contributed by atoms with Gasteiger partial charge < -0.3 is 5.32 Å². The van der Waals surface area contributed by atoms with Crippen molar-refractivity contribution in [3.05, 3.63) is 46.2 Å². The van der Waals surface area contributed by atoms with Crippen molar-refractivity contribution in [2.45, 2.75) is 58.9 Å². The smallest absolute Gasteiger partial charge is 0.221 e. The van der Waals surface area contributed by atoms with Gasteiger partial charge in [0.2, 0.25) is 5.91 Å². The van der Waals surface area contributed by atoms with Crippen LogP contribution in [0.25, 0.3) is 11.4 Å². The minimum atomic E-state index is -0.822. The van der Waals surface area contributed by atoms with Crippen LogP contribution in [0.5, 0.6) is 0 Å². The van der Waals surface area contributed by atoms with Gasteiger partial charge in [-0.3, -0.25) is 14.4 Å². The molecule has 1 N–H and O–H groups in total. The average Bonchev–Trinajstić information content (AvgIpc) is 2.87. The van der Waals surface area contributed by atoms with Crippen LogP contribution in [0.1, 0.15) is 56.2 Å². The fourth-order valence-electron chi connectivity index (χ4n) is 4.05. The van der Waals surface area contributed by atoms with Gasteiger partial charge in [-0.2, -0.15) is 0 Å². The molecule has 1 aliphatic carbocycles. The van der Waals surface area contributed by atoms with Crippen molar-refractivity contribution in [2.75, 3.05) is 0 Å². The van der Waals surface area contributed by atoms with E-state index in [9.17, 15) is 14.4 Å². The summed E-state index contributed by atoms with van der Waals surface area (Å²) in [5, 5.41) is 3.31. The highest BCUT2D eigenvalue weighted by Crippen LogP contribution is 2.38. The molecule has 3 rings (SSSR count). The molecule has 1 fully saturated rings. The van der Waals surface area contributed by atoms with Gasteiger partial charge in [0, 0.05) is 42.3 Å². The van der Waals surface area contributed by atoms with Crippen LogP contribution in [-0.4, -0.2) is 33.0 Å². The molecule has 1 heterocycles. The van der Waals surface area contributed by atoms with Gasteiger partial charge >= 0.3 is 0 Å². The molecule has 0 spiro atoms. The highest BCUT2D eigenvalue weighted by Gasteiger charge is 2.44. The topological polar surface area (TPSA) is 89.0 Å². The number of halogens is 1. The first-order valence-electron chi connectivity index (χ1n) is 9.93. The number of hydrogen-bond acceptors (Lipinski definition) is 5. The Bertz CT molecular complexity index is 986. The van der Waals surface area contributed by atoms with E-state index in [1.165, 1.54) is 12.4 Å². The van der Waals surface area contributed by atoms with Gasteiger partial charge in [-0.1, -0.05) is 11.6 Å². The molecule has 2 unspecified atom stereocenters. The number of nitrogens with one attached hydrogen (secondary N) is 1. The van der Waals surface area contributed by atoms with E-state index in [4.69, 9.17) is 11.6 Å². The highest BCUT2D eigenvalue weighted by atomic mass is 35.5. The number of carbonyl (C=O) groups excluding carboxylic acids is 3. The van der Waals surface area contributed by atoms with Gasteiger partial charge in [0.1, 0.15) is 11.7 Å². The molecule has 2 aromatic rings. The fraction of sp³-hybridized carbons (Fsp3) is 0.435. The second-order valence-electron chi connectivity index (χ2n) is 8.95. The van der Waals surface area contributed by atoms with Crippen molar-refractivity contribution >= 4 is 29.1 Å². The number of ketones is 2. The molecule has 2 atom stereocenters. The van der Waals surface area contributed by atoms with E-state index in [2.05, 4.69) is 15.3 Å². The Morgan fingerprint density at radius 3 is 2.23 bits per heavy atom. The SMILES string of the molecule is Cc1cc(-c2ncc(Cl)cn2)cc(C)c1C1C(=O)CC(CC(=O)NC(C)(C)C)C1=O. The molecule has 0 aliphatic heterocycles. The van der Waals surface area contributed by atoms with Crippen molar-refractivity contribution < 1.29 is 14.4 Å². The molecular formula is C23H26ClN3O3. The summed E-state index contributed by atoms with van der Waals surface area (Å²) < 4.78 is 0. The predicted octanol–water partition coefficient (Wildman–Crippen LogP) is 3.96. The summed E-state index contributed by atoms with van der Waals surface area (Å²) in [6, 6.07) is 3.76. The lowest BCUT2D eigenvalue weighted by Gasteiger charge is -2.21. The molecule has 6 nitrogen and oxygen atoms in total. The standard InChI is InChI=1S/C23H26ClN3O3/c1-12-6-15(22-25-10-16(24)11-26-22)7-13(2)19(12)20-17(28)8-14(21(20)30)9-18(29)27-23(3,4)5/h6-7,10-11,14,20H,8-9H2,1-5H3,(H,27,29). The number of nitrogens with zero attached hydrogens (tertiary/aromatic N) is 2. The monoisotopic (exact) mass is 427 g/mol. The van der Waals surface area contributed by atoms with Gasteiger partial charge in [0.15, 0.2) is 11.6 Å². The molecule has 1 saturated carbocycles. The van der Waals surface area contributed by atoms with E-state index in [-0.39, 0.29) is 35.9 Å². The molecule has 158 valence electrons. The summed E-state index contributed by atoms with van der Waals surface area (Å²) in [6.45, 7) is 9.40. The van der Waals surface area contributed by atoms with E-state index >= 15 is 0 Å². The lowest BCUT2D eigenvalue weighted by molar-refractivity contribution is -0.129. The normalized spacial score (nSPS) is 19.3. The van der Waals surface area contributed by atoms with Crippen LogP contribution in [0, 0.1) is 19.8 Å². The van der Waals surface area contributed by atoms with Crippen LogP contribution in [0.4, 0.5) is 0 Å². The molecule has 1 aromatic heterocycles. The Morgan fingerprint density at radius 1 is 1.13 bits per heavy atom. The van der Waals surface area contributed by atoms with Crippen molar-refractivity contribution in [2.24, 2.45) is 5.92 Å². The summed E-state index contributed by atoms with van der Waals surface area (Å²) in [6.07, 6.45) is 3.19. The van der Waals surface area contributed by atoms with Crippen LogP contribution in [-0.2, 0) is 14.4 Å². The minimum absolute atomic E-state index is 0.0349. The fourth-order valence-corrected chi connectivity index (χ4v) is 4.14. The average molecular weight is 428 g/mol. The lowest BCUT2D eigenvalue weighted by atomic mass is 9.86. The third-order valence-electron chi connectivity index (χ3n) is 5.16. The number of Topliss-reactive ketones (excluding diaryl/α,β-unsaturated/α-hetero) is 2. The van der Waals surface area contributed by atoms with Crippen LogP contribution in [0.3, 0.4) is 0 Å². The number of hydrogen-bond donors (Lipinski definition) is 1. The van der Waals surface area contributed by atoms with Crippen LogP contribution < -0.4 is 5.32 Å². The number of aryl methyl sites for hydroxylation is 2. The van der Waals surface area contributed by atoms with E-state index in [0.717, 1.165) is 22.3 Å². The minimum Gasteiger partial charge on any atom is -0.351 e. The van der Waals surface area contributed by atoms with E-state index in [1.807, 2.05) is 46.8 Å². The molecule has 0 bridgehead atoms. The lowest BCUT2D eigenvalue weighted by Crippen LogP contribution is -2.41. The van der Waals surface area contributed by atoms with Crippen molar-refractivity contribution in [1.82, 2.24) is 15.3 Å². The molecule has 1 amide bonds. The Labute approximate surface area is 181 Å². The molecular weight excluding hydrogens is 402 g/mol. The Kier molecular flexibility index (Phi) is 6.09. The maximum atomic E-state index is 13.1. The third-order valence-corrected chi connectivity index (χ3v) is 5.36. The van der Waals surface area contributed by atoms with E-state index in [1.54, 1.807) is 0 Å². The molecule has 0 radical (unpaired) electrons. The molecule has 1 aromatic carbocycles. The Hall–Kier alpha value is -2.60. The van der Waals surface area contributed by atoms with E-state index in [0.29, 0.717) is 10.8 Å². The van der Waals surface area contributed by atoms with Crippen LogP contribution in [0.2, 0.25) is 5.02 Å². The van der Waals surface area contributed by atoms with Crippen molar-refractivity contribution in [3.63, 3.8) is 0 Å². The van der Waals surface area contributed by atoms with Gasteiger partial charge in [-0.05, 0) is 63.4 Å². The van der Waals surface area contributed by atoms with Crippen molar-refractivity contribution in [1.29, 1.82) is 0 Å². The first kappa shape index (κ1) is 22.1. The molecule has 7 heteroatoms. The van der Waals surface area contributed by atoms with Gasteiger partial charge in [-0.15, -0.1) is 0 Å². The predicted molar refractivity (Wildman–Crippen MR) is 115 cm³/mol. The quantitative estimate of drug-likeness (QED) is 0.746. The maximum Gasteiger partial charge on any atom is 0.221 e. The Balaban J connectivity index is 1.86. The molecule has 1 aliphatic rings. The number of aromatic nitrogens is 2. The summed E-state index contributed by atoms with van der Waals surface area (Å²) >= 11 is 5.86. The Morgan fingerprint density at radius 2 is 1.70 bits per heavy atom. The second-order valence-corrected chi connectivity index (χ2v) is 9.39. The summed E-state index contributed by atoms with van der Waals surface area (Å²) in [4.78, 5) is 46.6. The third kappa shape index (κ3) is 4.75. The van der Waals surface area contributed by atoms with E-state index < -0.39 is 11.8 Å². The van der Waals surface area contributed by atoms with Crippen LogP contribution in [0.15, 0.2) is 24.5 Å². The van der Waals surface area contributed by atoms with Gasteiger partial charge in [-0.25, -0.2) is 9.97 Å². The van der Waals surface area contributed by atoms with Gasteiger partial charge in [0.25, 0.3) is 0 Å². The summed E-state index contributed by atoms with van der Waals surface area (Å²) in [5.41, 5.74) is 2.80. The number of benzene rings is 1. The second kappa shape index (κ2) is 8.26. The number of rotatable bonds is 4. The highest BCUT2D eigenvalue weighted by molar-refractivity contribution is 6.30. The molecule has 30 heavy (non-hydrogen) atoms. The zero-order valence-corrected chi connectivity index (χ0v) is 18.6. The first-order valence-corrected chi connectivity index (χ1v) is 10.3. The maximum absolute atomic E-state index is 13.1.